The first kappa shape index (κ1) is 14.2. The number of pyridine rings is 1. The molecular weight excluding hydrogens is 294 g/mol. The molecule has 120 valence electrons. The lowest BCUT2D eigenvalue weighted by atomic mass is 9.96. The zero-order valence-corrected chi connectivity index (χ0v) is 13.0. The molecule has 4 heterocycles. The Morgan fingerprint density at radius 3 is 2.61 bits per heavy atom. The van der Waals surface area contributed by atoms with Crippen molar-refractivity contribution in [2.24, 2.45) is 7.05 Å². The first-order valence-electron chi connectivity index (χ1n) is 7.97. The highest BCUT2D eigenvalue weighted by atomic mass is 16.2. The number of hydrogen-bond acceptors (Lipinski definition) is 4. The largest absolute Gasteiger partial charge is 0.332 e. The molecule has 7 heteroatoms. The molecule has 2 aliphatic heterocycles. The van der Waals surface area contributed by atoms with Crippen molar-refractivity contribution in [1.82, 2.24) is 24.2 Å². The van der Waals surface area contributed by atoms with E-state index in [1.54, 1.807) is 38.0 Å². The number of piperidine rings is 1. The van der Waals surface area contributed by atoms with Crippen molar-refractivity contribution >= 4 is 5.91 Å². The smallest absolute Gasteiger partial charge is 0.263 e. The second-order valence-corrected chi connectivity index (χ2v) is 6.44. The van der Waals surface area contributed by atoms with Crippen LogP contribution in [0.4, 0.5) is 0 Å². The van der Waals surface area contributed by atoms with Gasteiger partial charge in [0.25, 0.3) is 11.5 Å². The van der Waals surface area contributed by atoms with E-state index in [0.717, 1.165) is 25.7 Å². The zero-order chi connectivity index (χ0) is 16.0. The molecule has 0 aliphatic carbocycles. The van der Waals surface area contributed by atoms with Crippen LogP contribution in [0.1, 0.15) is 42.1 Å². The van der Waals surface area contributed by atoms with E-state index in [0.29, 0.717) is 0 Å². The van der Waals surface area contributed by atoms with Crippen LogP contribution < -0.4 is 5.56 Å². The second-order valence-electron chi connectivity index (χ2n) is 6.44. The number of hydrogen-bond donors (Lipinski definition) is 0. The van der Waals surface area contributed by atoms with Crippen molar-refractivity contribution in [3.05, 3.63) is 46.9 Å². The first-order valence-corrected chi connectivity index (χ1v) is 7.97. The summed E-state index contributed by atoms with van der Waals surface area (Å²) in [6.45, 7) is 0. The summed E-state index contributed by atoms with van der Waals surface area (Å²) in [6.07, 6.45) is 8.70. The molecule has 1 amide bonds. The van der Waals surface area contributed by atoms with Gasteiger partial charge in [0.1, 0.15) is 18.2 Å². The minimum Gasteiger partial charge on any atom is -0.332 e. The van der Waals surface area contributed by atoms with Crippen molar-refractivity contribution in [3.63, 3.8) is 0 Å². The fourth-order valence-electron chi connectivity index (χ4n) is 4.00. The summed E-state index contributed by atoms with van der Waals surface area (Å²) < 4.78 is 3.35. The highest BCUT2D eigenvalue weighted by Gasteiger charge is 2.44. The van der Waals surface area contributed by atoms with Crippen molar-refractivity contribution in [3.8, 4) is 0 Å². The quantitative estimate of drug-likeness (QED) is 0.828. The lowest BCUT2D eigenvalue weighted by molar-refractivity contribution is 0.0521. The van der Waals surface area contributed by atoms with Crippen molar-refractivity contribution < 1.29 is 4.79 Å². The van der Waals surface area contributed by atoms with Gasteiger partial charge in [0.05, 0.1) is 6.04 Å². The predicted octanol–water partition coefficient (Wildman–Crippen LogP) is 0.985. The van der Waals surface area contributed by atoms with Gasteiger partial charge in [-0.3, -0.25) is 9.59 Å². The van der Waals surface area contributed by atoms with Gasteiger partial charge >= 0.3 is 0 Å². The third-order valence-electron chi connectivity index (χ3n) is 5.11. The van der Waals surface area contributed by atoms with Gasteiger partial charge in [-0.25, -0.2) is 9.67 Å². The molecule has 0 aromatic carbocycles. The molecule has 0 N–H and O–H groups in total. The molecule has 2 aromatic rings. The van der Waals surface area contributed by atoms with Crippen LogP contribution >= 0.6 is 0 Å². The summed E-state index contributed by atoms with van der Waals surface area (Å²) in [5.41, 5.74) is 0.0430. The van der Waals surface area contributed by atoms with Crippen LogP contribution in [-0.4, -0.2) is 42.2 Å². The van der Waals surface area contributed by atoms with Gasteiger partial charge in [0, 0.05) is 25.3 Å². The second kappa shape index (κ2) is 5.33. The van der Waals surface area contributed by atoms with E-state index in [1.807, 2.05) is 9.58 Å². The highest BCUT2D eigenvalue weighted by molar-refractivity contribution is 5.94. The molecule has 2 fully saturated rings. The molecule has 0 saturated carbocycles. The summed E-state index contributed by atoms with van der Waals surface area (Å²) in [7, 11) is 1.67. The number of amides is 1. The Balaban J connectivity index is 1.61. The predicted molar refractivity (Wildman–Crippen MR) is 83.0 cm³/mol. The van der Waals surface area contributed by atoms with Crippen LogP contribution in [-0.2, 0) is 7.05 Å². The minimum absolute atomic E-state index is 0.129. The van der Waals surface area contributed by atoms with Gasteiger partial charge in [-0.15, -0.1) is 0 Å². The van der Waals surface area contributed by atoms with Crippen LogP contribution in [0, 0.1) is 0 Å². The van der Waals surface area contributed by atoms with Crippen LogP contribution in [0.15, 0.2) is 35.8 Å². The van der Waals surface area contributed by atoms with Crippen molar-refractivity contribution in [1.29, 1.82) is 0 Å². The molecule has 2 unspecified atom stereocenters. The summed E-state index contributed by atoms with van der Waals surface area (Å²) >= 11 is 0. The summed E-state index contributed by atoms with van der Waals surface area (Å²) in [6, 6.07) is 4.03. The third-order valence-corrected chi connectivity index (χ3v) is 5.11. The monoisotopic (exact) mass is 313 g/mol. The fraction of sp³-hybridized carbons (Fsp3) is 0.500. The van der Waals surface area contributed by atoms with Gasteiger partial charge in [-0.2, -0.15) is 5.10 Å². The van der Waals surface area contributed by atoms with E-state index in [-0.39, 0.29) is 35.2 Å². The van der Waals surface area contributed by atoms with E-state index < -0.39 is 0 Å². The number of nitrogens with zero attached hydrogens (tertiary/aromatic N) is 5. The van der Waals surface area contributed by atoms with Gasteiger partial charge in [-0.05, 0) is 37.8 Å². The molecule has 2 aromatic heterocycles. The number of aromatic nitrogens is 4. The zero-order valence-electron chi connectivity index (χ0n) is 13.0. The number of fused-ring (bicyclic) bond motifs is 2. The molecule has 2 aliphatic rings. The summed E-state index contributed by atoms with van der Waals surface area (Å²) in [5, 5.41) is 4.24. The minimum atomic E-state index is -0.227. The molecule has 2 bridgehead atoms. The first-order chi connectivity index (χ1) is 11.1. The van der Waals surface area contributed by atoms with Crippen molar-refractivity contribution in [2.45, 2.75) is 43.8 Å². The van der Waals surface area contributed by atoms with E-state index >= 15 is 0 Å². The molecule has 23 heavy (non-hydrogen) atoms. The lowest BCUT2D eigenvalue weighted by Gasteiger charge is -2.38. The van der Waals surface area contributed by atoms with Crippen LogP contribution in [0.3, 0.4) is 0 Å². The Hall–Kier alpha value is -2.44. The molecule has 4 rings (SSSR count). The number of carbonyl (C=O) groups excluding carboxylic acids is 1. The van der Waals surface area contributed by atoms with Crippen LogP contribution in [0.25, 0.3) is 0 Å². The number of carbonyl (C=O) groups is 1. The number of rotatable bonds is 2. The van der Waals surface area contributed by atoms with Crippen LogP contribution in [0.5, 0.6) is 0 Å². The van der Waals surface area contributed by atoms with E-state index in [9.17, 15) is 9.59 Å². The Bertz CT molecular complexity index is 768. The maximum absolute atomic E-state index is 12.9. The van der Waals surface area contributed by atoms with E-state index in [2.05, 4.69) is 10.1 Å². The standard InChI is InChI=1S/C16H19N5O2/c1-19-6-2-3-14(15(19)22)16(23)21-11-4-5-12(21)8-13(7-11)20-10-17-9-18-20/h2-3,6,9-13H,4-5,7-8H2,1H3. The van der Waals surface area contributed by atoms with Crippen LogP contribution in [0.2, 0.25) is 0 Å². The van der Waals surface area contributed by atoms with Gasteiger partial charge in [0.2, 0.25) is 0 Å². The topological polar surface area (TPSA) is 73.0 Å². The highest BCUT2D eigenvalue weighted by Crippen LogP contribution is 2.40. The molecule has 0 spiro atoms. The normalized spacial score (nSPS) is 26.5. The number of aryl methyl sites for hydroxylation is 1. The average Bonchev–Trinajstić information content (AvgIpc) is 3.16. The molecule has 2 saturated heterocycles. The average molecular weight is 313 g/mol. The molecular formula is C16H19N5O2. The Morgan fingerprint density at radius 1 is 1.22 bits per heavy atom. The van der Waals surface area contributed by atoms with Gasteiger partial charge in [-0.1, -0.05) is 0 Å². The molecule has 0 radical (unpaired) electrons. The SMILES string of the molecule is Cn1cccc(C(=O)N2C3CCC2CC(n2cncn2)C3)c1=O. The Kier molecular flexibility index (Phi) is 3.28. The van der Waals surface area contributed by atoms with E-state index in [1.165, 1.54) is 4.57 Å². The summed E-state index contributed by atoms with van der Waals surface area (Å²) in [5.74, 6) is -0.129. The van der Waals surface area contributed by atoms with Gasteiger partial charge < -0.3 is 9.47 Å². The van der Waals surface area contributed by atoms with Crippen molar-refractivity contribution in [2.75, 3.05) is 0 Å². The van der Waals surface area contributed by atoms with Gasteiger partial charge in [0.15, 0.2) is 0 Å². The maximum atomic E-state index is 12.9. The fourth-order valence-corrected chi connectivity index (χ4v) is 4.00. The lowest BCUT2D eigenvalue weighted by Crippen LogP contribution is -2.48. The van der Waals surface area contributed by atoms with E-state index in [4.69, 9.17) is 0 Å². The molecule has 7 nitrogen and oxygen atoms in total. The molecule has 2 atom stereocenters. The summed E-state index contributed by atoms with van der Waals surface area (Å²) in [4.78, 5) is 31.1. The Labute approximate surface area is 133 Å². The Morgan fingerprint density at radius 2 is 1.96 bits per heavy atom. The third kappa shape index (κ3) is 2.27. The maximum Gasteiger partial charge on any atom is 0.263 e.